The SMILES string of the molecule is CC(S)(c1ccccn1)c1ccccn1. The lowest BCUT2D eigenvalue weighted by Gasteiger charge is -2.21. The summed E-state index contributed by atoms with van der Waals surface area (Å²) in [6.45, 7) is 2.00. The first kappa shape index (κ1) is 10.2. The van der Waals surface area contributed by atoms with Crippen LogP contribution in [-0.4, -0.2) is 9.97 Å². The van der Waals surface area contributed by atoms with Gasteiger partial charge in [0.2, 0.25) is 0 Å². The van der Waals surface area contributed by atoms with Gasteiger partial charge in [-0.05, 0) is 31.2 Å². The van der Waals surface area contributed by atoms with Crippen LogP contribution in [0.15, 0.2) is 48.8 Å². The van der Waals surface area contributed by atoms with Gasteiger partial charge in [0.25, 0.3) is 0 Å². The number of pyridine rings is 2. The van der Waals surface area contributed by atoms with Gasteiger partial charge in [-0.1, -0.05) is 12.1 Å². The molecule has 0 N–H and O–H groups in total. The summed E-state index contributed by atoms with van der Waals surface area (Å²) < 4.78 is -0.442. The number of aromatic nitrogens is 2. The second kappa shape index (κ2) is 4.03. The molecule has 0 amide bonds. The van der Waals surface area contributed by atoms with Crippen LogP contribution in [0.4, 0.5) is 0 Å². The van der Waals surface area contributed by atoms with Crippen molar-refractivity contribution in [3.05, 3.63) is 60.2 Å². The van der Waals surface area contributed by atoms with Crippen molar-refractivity contribution in [2.75, 3.05) is 0 Å². The van der Waals surface area contributed by atoms with Crippen molar-refractivity contribution in [2.45, 2.75) is 11.7 Å². The van der Waals surface area contributed by atoms with Gasteiger partial charge >= 0.3 is 0 Å². The lowest BCUT2D eigenvalue weighted by Crippen LogP contribution is -2.18. The minimum absolute atomic E-state index is 0.442. The zero-order valence-corrected chi connectivity index (χ0v) is 9.35. The number of rotatable bonds is 2. The smallest absolute Gasteiger partial charge is 0.0941 e. The van der Waals surface area contributed by atoms with Gasteiger partial charge in [-0.3, -0.25) is 9.97 Å². The van der Waals surface area contributed by atoms with Gasteiger partial charge in [0.1, 0.15) is 0 Å². The van der Waals surface area contributed by atoms with E-state index >= 15 is 0 Å². The Labute approximate surface area is 94.8 Å². The molecule has 0 aliphatic heterocycles. The Morgan fingerprint density at radius 2 is 1.40 bits per heavy atom. The molecule has 0 saturated heterocycles. The minimum atomic E-state index is -0.442. The zero-order chi connectivity index (χ0) is 10.7. The summed E-state index contributed by atoms with van der Waals surface area (Å²) in [7, 11) is 0. The largest absolute Gasteiger partial charge is 0.259 e. The van der Waals surface area contributed by atoms with Crippen LogP contribution < -0.4 is 0 Å². The molecule has 0 aromatic carbocycles. The van der Waals surface area contributed by atoms with Crippen molar-refractivity contribution < 1.29 is 0 Å². The average molecular weight is 216 g/mol. The molecule has 0 aliphatic carbocycles. The fourth-order valence-electron chi connectivity index (χ4n) is 1.43. The van der Waals surface area contributed by atoms with Crippen LogP contribution in [0.1, 0.15) is 18.3 Å². The van der Waals surface area contributed by atoms with E-state index in [1.54, 1.807) is 12.4 Å². The Bertz CT molecular complexity index is 384. The van der Waals surface area contributed by atoms with Gasteiger partial charge in [-0.25, -0.2) is 0 Å². The summed E-state index contributed by atoms with van der Waals surface area (Å²) in [5.41, 5.74) is 1.82. The third-order valence-electron chi connectivity index (χ3n) is 2.33. The van der Waals surface area contributed by atoms with E-state index in [-0.39, 0.29) is 0 Å². The van der Waals surface area contributed by atoms with Crippen molar-refractivity contribution in [2.24, 2.45) is 0 Å². The predicted octanol–water partition coefficient (Wildman–Crippen LogP) is 2.67. The second-order valence-corrected chi connectivity index (χ2v) is 4.40. The predicted molar refractivity (Wildman–Crippen MR) is 63.9 cm³/mol. The van der Waals surface area contributed by atoms with Gasteiger partial charge < -0.3 is 0 Å². The van der Waals surface area contributed by atoms with Gasteiger partial charge in [-0.2, -0.15) is 12.6 Å². The molecule has 2 rings (SSSR count). The highest BCUT2D eigenvalue weighted by Gasteiger charge is 2.26. The topological polar surface area (TPSA) is 25.8 Å². The van der Waals surface area contributed by atoms with Crippen LogP contribution in [0.25, 0.3) is 0 Å². The summed E-state index contributed by atoms with van der Waals surface area (Å²) in [4.78, 5) is 8.62. The Balaban J connectivity index is 2.44. The van der Waals surface area contributed by atoms with Crippen molar-refractivity contribution in [1.29, 1.82) is 0 Å². The fraction of sp³-hybridized carbons (Fsp3) is 0.167. The molecule has 0 unspecified atom stereocenters. The highest BCUT2D eigenvalue weighted by Crippen LogP contribution is 2.32. The number of hydrogen-bond donors (Lipinski definition) is 1. The first-order valence-corrected chi connectivity index (χ1v) is 5.21. The van der Waals surface area contributed by atoms with Crippen LogP contribution in [0.3, 0.4) is 0 Å². The monoisotopic (exact) mass is 216 g/mol. The van der Waals surface area contributed by atoms with Crippen molar-refractivity contribution in [3.63, 3.8) is 0 Å². The first-order valence-electron chi connectivity index (χ1n) is 4.76. The molecule has 0 saturated carbocycles. The Morgan fingerprint density at radius 1 is 0.933 bits per heavy atom. The molecule has 76 valence electrons. The quantitative estimate of drug-likeness (QED) is 0.781. The lowest BCUT2D eigenvalue weighted by atomic mass is 10.0. The Kier molecular flexibility index (Phi) is 2.73. The molecule has 0 atom stereocenters. The van der Waals surface area contributed by atoms with E-state index in [9.17, 15) is 0 Å². The van der Waals surface area contributed by atoms with Crippen LogP contribution in [0.2, 0.25) is 0 Å². The fourth-order valence-corrected chi connectivity index (χ4v) is 1.70. The molecule has 3 heteroatoms. The van der Waals surface area contributed by atoms with Gasteiger partial charge in [0, 0.05) is 12.4 Å². The Hall–Kier alpha value is -1.35. The van der Waals surface area contributed by atoms with Crippen molar-refractivity contribution in [1.82, 2.24) is 9.97 Å². The molecule has 0 aliphatic rings. The summed E-state index contributed by atoms with van der Waals surface area (Å²) in [6, 6.07) is 11.6. The molecule has 0 spiro atoms. The third-order valence-corrected chi connectivity index (χ3v) is 2.79. The molecule has 0 bridgehead atoms. The zero-order valence-electron chi connectivity index (χ0n) is 8.46. The van der Waals surface area contributed by atoms with Crippen molar-refractivity contribution >= 4 is 12.6 Å². The maximum Gasteiger partial charge on any atom is 0.0941 e. The van der Waals surface area contributed by atoms with Crippen LogP contribution in [-0.2, 0) is 4.75 Å². The van der Waals surface area contributed by atoms with Crippen LogP contribution in [0, 0.1) is 0 Å². The normalized spacial score (nSPS) is 11.3. The molecular formula is C12H12N2S. The summed E-state index contributed by atoms with van der Waals surface area (Å²) in [5, 5.41) is 0. The highest BCUT2D eigenvalue weighted by molar-refractivity contribution is 7.81. The maximum absolute atomic E-state index is 4.64. The summed E-state index contributed by atoms with van der Waals surface area (Å²) >= 11 is 4.64. The summed E-state index contributed by atoms with van der Waals surface area (Å²) in [6.07, 6.45) is 3.54. The highest BCUT2D eigenvalue weighted by atomic mass is 32.1. The Morgan fingerprint density at radius 3 is 1.73 bits per heavy atom. The number of hydrogen-bond acceptors (Lipinski definition) is 3. The molecule has 2 nitrogen and oxygen atoms in total. The second-order valence-electron chi connectivity index (χ2n) is 3.50. The van der Waals surface area contributed by atoms with Crippen LogP contribution >= 0.6 is 12.6 Å². The van der Waals surface area contributed by atoms with Crippen LogP contribution in [0.5, 0.6) is 0 Å². The molecule has 15 heavy (non-hydrogen) atoms. The molecule has 2 heterocycles. The van der Waals surface area contributed by atoms with E-state index in [1.165, 1.54) is 0 Å². The van der Waals surface area contributed by atoms with E-state index in [2.05, 4.69) is 22.6 Å². The van der Waals surface area contributed by atoms with Gasteiger partial charge in [0.15, 0.2) is 0 Å². The van der Waals surface area contributed by atoms with E-state index in [1.807, 2.05) is 43.3 Å². The third kappa shape index (κ3) is 2.02. The average Bonchev–Trinajstić information content (AvgIpc) is 2.31. The maximum atomic E-state index is 4.64. The van der Waals surface area contributed by atoms with E-state index in [4.69, 9.17) is 0 Å². The van der Waals surface area contributed by atoms with E-state index in [0.717, 1.165) is 11.4 Å². The molecule has 0 fully saturated rings. The van der Waals surface area contributed by atoms with E-state index < -0.39 is 4.75 Å². The lowest BCUT2D eigenvalue weighted by molar-refractivity contribution is 0.771. The minimum Gasteiger partial charge on any atom is -0.259 e. The number of thiol groups is 1. The number of nitrogens with zero attached hydrogens (tertiary/aromatic N) is 2. The summed E-state index contributed by atoms with van der Waals surface area (Å²) in [5.74, 6) is 0. The molecule has 2 aromatic rings. The standard InChI is InChI=1S/C12H12N2S/c1-12(15,10-6-2-4-8-13-10)11-7-3-5-9-14-11/h2-9,15H,1H3. The van der Waals surface area contributed by atoms with Crippen molar-refractivity contribution in [3.8, 4) is 0 Å². The first-order chi connectivity index (χ1) is 7.21. The van der Waals surface area contributed by atoms with E-state index in [0.29, 0.717) is 0 Å². The molecule has 2 aromatic heterocycles. The van der Waals surface area contributed by atoms with Gasteiger partial charge in [0.05, 0.1) is 16.1 Å². The molecule has 0 radical (unpaired) electrons. The molecular weight excluding hydrogens is 204 g/mol. The van der Waals surface area contributed by atoms with Gasteiger partial charge in [-0.15, -0.1) is 0 Å².